The van der Waals surface area contributed by atoms with Crippen LogP contribution in [-0.4, -0.2) is 30.5 Å². The summed E-state index contributed by atoms with van der Waals surface area (Å²) in [7, 11) is 2.35. The zero-order chi connectivity index (χ0) is 13.7. The van der Waals surface area contributed by atoms with Gasteiger partial charge in [0.15, 0.2) is 0 Å². The molecule has 0 spiro atoms. The van der Waals surface area contributed by atoms with Gasteiger partial charge >= 0.3 is 6.09 Å². The molecule has 4 nitrogen and oxygen atoms in total. The molecule has 17 heavy (non-hydrogen) atoms. The second-order valence-electron chi connectivity index (χ2n) is 2.90. The Morgan fingerprint density at radius 2 is 1.82 bits per heavy atom. The van der Waals surface area contributed by atoms with Gasteiger partial charge in [0.25, 0.3) is 0 Å². The van der Waals surface area contributed by atoms with E-state index in [0.717, 1.165) is 25.5 Å². The summed E-state index contributed by atoms with van der Waals surface area (Å²) >= 11 is 0. The molecule has 0 aliphatic rings. The molecule has 0 fully saturated rings. The van der Waals surface area contributed by atoms with Crippen LogP contribution >= 0.6 is 0 Å². The van der Waals surface area contributed by atoms with Crippen molar-refractivity contribution in [2.75, 3.05) is 14.2 Å². The van der Waals surface area contributed by atoms with Gasteiger partial charge in [-0.1, -0.05) is 31.5 Å². The summed E-state index contributed by atoms with van der Waals surface area (Å²) in [6.45, 7) is 2.05. The lowest BCUT2D eigenvalue weighted by atomic mass is 10.1. The number of hydrogen-bond acceptors (Lipinski definition) is 2. The number of halogens is 1. The van der Waals surface area contributed by atoms with E-state index in [4.69, 9.17) is 10.2 Å². The van der Waals surface area contributed by atoms with E-state index in [2.05, 4.69) is 0 Å². The third-order valence-electron chi connectivity index (χ3n) is 1.69. The van der Waals surface area contributed by atoms with E-state index in [9.17, 15) is 9.18 Å². The van der Waals surface area contributed by atoms with Crippen LogP contribution in [-0.2, 0) is 6.42 Å². The van der Waals surface area contributed by atoms with Gasteiger partial charge in [-0.3, -0.25) is 0 Å². The van der Waals surface area contributed by atoms with Crippen molar-refractivity contribution in [1.29, 1.82) is 0 Å². The zero-order valence-corrected chi connectivity index (χ0v) is 10.4. The molecule has 5 heteroatoms. The molecule has 0 heterocycles. The van der Waals surface area contributed by atoms with Gasteiger partial charge in [0.05, 0.1) is 0 Å². The van der Waals surface area contributed by atoms with E-state index in [0.29, 0.717) is 0 Å². The maximum Gasteiger partial charge on any atom is 0.404 e. The molecular weight excluding hydrogens is 225 g/mol. The van der Waals surface area contributed by atoms with Crippen LogP contribution in [0.15, 0.2) is 24.3 Å². The first-order chi connectivity index (χ1) is 8.11. The van der Waals surface area contributed by atoms with Crippen molar-refractivity contribution in [3.8, 4) is 0 Å². The number of amides is 1. The van der Waals surface area contributed by atoms with Crippen molar-refractivity contribution in [3.63, 3.8) is 0 Å². The molecule has 0 bridgehead atoms. The molecule has 0 unspecified atom stereocenters. The van der Waals surface area contributed by atoms with Gasteiger partial charge in [-0.2, -0.15) is 0 Å². The molecule has 0 saturated heterocycles. The monoisotopic (exact) mass is 245 g/mol. The highest BCUT2D eigenvalue weighted by Crippen LogP contribution is 2.07. The van der Waals surface area contributed by atoms with Crippen molar-refractivity contribution in [2.24, 2.45) is 0 Å². The number of benzene rings is 1. The summed E-state index contributed by atoms with van der Waals surface area (Å²) in [5, 5.41) is 16.6. The number of aryl methyl sites for hydroxylation is 1. The predicted octanol–water partition coefficient (Wildman–Crippen LogP) is 2.27. The Labute approximate surface area is 101 Å². The Hall–Kier alpha value is -1.62. The third kappa shape index (κ3) is 10.7. The molecule has 1 aromatic carbocycles. The summed E-state index contributed by atoms with van der Waals surface area (Å²) in [6.07, 6.45) is 0.846. The second-order valence-corrected chi connectivity index (χ2v) is 2.90. The van der Waals surface area contributed by atoms with Gasteiger partial charge in [-0.15, -0.1) is 0 Å². The Morgan fingerprint density at radius 3 is 2.18 bits per heavy atom. The SMILES string of the molecule is CCCc1ccccc1F.CNC(=O)O.CO. The summed E-state index contributed by atoms with van der Waals surface area (Å²) in [6, 6.07) is 6.92. The fourth-order valence-electron chi connectivity index (χ4n) is 0.970. The van der Waals surface area contributed by atoms with Crippen LogP contribution in [0.25, 0.3) is 0 Å². The first-order valence-corrected chi connectivity index (χ1v) is 5.20. The number of aliphatic hydroxyl groups excluding tert-OH is 1. The first-order valence-electron chi connectivity index (χ1n) is 5.20. The number of carbonyl (C=O) groups is 1. The fraction of sp³-hybridized carbons (Fsp3) is 0.417. The van der Waals surface area contributed by atoms with Gasteiger partial charge in [0.2, 0.25) is 0 Å². The van der Waals surface area contributed by atoms with Crippen LogP contribution in [0.4, 0.5) is 9.18 Å². The standard InChI is InChI=1S/C9H11F.C2H5NO2.CH4O/c1-2-5-8-6-3-4-7-9(8)10;1-3-2(4)5;1-2/h3-4,6-7H,2,5H2,1H3;3H,1H3,(H,4,5);2H,1H3. The highest BCUT2D eigenvalue weighted by molar-refractivity contribution is 5.63. The van der Waals surface area contributed by atoms with Gasteiger partial charge in [-0.25, -0.2) is 9.18 Å². The number of aliphatic hydroxyl groups is 1. The minimum absolute atomic E-state index is 0.0793. The van der Waals surface area contributed by atoms with Crippen LogP contribution in [0.2, 0.25) is 0 Å². The van der Waals surface area contributed by atoms with Crippen molar-refractivity contribution >= 4 is 6.09 Å². The van der Waals surface area contributed by atoms with Crippen LogP contribution in [0.1, 0.15) is 18.9 Å². The average molecular weight is 245 g/mol. The summed E-state index contributed by atoms with van der Waals surface area (Å²) in [5.41, 5.74) is 0.824. The van der Waals surface area contributed by atoms with E-state index < -0.39 is 6.09 Å². The number of rotatable bonds is 2. The minimum atomic E-state index is -0.995. The van der Waals surface area contributed by atoms with E-state index in [1.165, 1.54) is 13.1 Å². The summed E-state index contributed by atoms with van der Waals surface area (Å²) < 4.78 is 12.8. The minimum Gasteiger partial charge on any atom is -0.465 e. The van der Waals surface area contributed by atoms with Crippen LogP contribution < -0.4 is 5.32 Å². The normalized spacial score (nSPS) is 8.06. The van der Waals surface area contributed by atoms with Crippen molar-refractivity contribution in [1.82, 2.24) is 5.32 Å². The molecule has 0 saturated carbocycles. The molecule has 0 atom stereocenters. The molecule has 1 rings (SSSR count). The van der Waals surface area contributed by atoms with E-state index in [-0.39, 0.29) is 5.82 Å². The largest absolute Gasteiger partial charge is 0.465 e. The number of nitrogens with one attached hydrogen (secondary N) is 1. The Balaban J connectivity index is 0. The quantitative estimate of drug-likeness (QED) is 0.748. The summed E-state index contributed by atoms with van der Waals surface area (Å²) in [4.78, 5) is 9.26. The summed E-state index contributed by atoms with van der Waals surface area (Å²) in [5.74, 6) is -0.0793. The number of carboxylic acid groups (broad SMARTS) is 1. The molecular formula is C12H20FNO3. The molecule has 0 radical (unpaired) electrons. The van der Waals surface area contributed by atoms with Gasteiger partial charge in [0, 0.05) is 14.2 Å². The maximum absolute atomic E-state index is 12.8. The van der Waals surface area contributed by atoms with Crippen molar-refractivity contribution < 1.29 is 19.4 Å². The maximum atomic E-state index is 12.8. The molecule has 1 aromatic rings. The molecule has 3 N–H and O–H groups in total. The average Bonchev–Trinajstić information content (AvgIpc) is 2.36. The third-order valence-corrected chi connectivity index (χ3v) is 1.69. The van der Waals surface area contributed by atoms with Gasteiger partial charge in [0.1, 0.15) is 5.82 Å². The smallest absolute Gasteiger partial charge is 0.404 e. The highest BCUT2D eigenvalue weighted by Gasteiger charge is 1.96. The molecule has 1 amide bonds. The second kappa shape index (κ2) is 12.4. The zero-order valence-electron chi connectivity index (χ0n) is 10.4. The highest BCUT2D eigenvalue weighted by atomic mass is 19.1. The van der Waals surface area contributed by atoms with Crippen LogP contribution in [0.5, 0.6) is 0 Å². The first kappa shape index (κ1) is 17.8. The molecule has 98 valence electrons. The Morgan fingerprint density at radius 1 is 1.35 bits per heavy atom. The predicted molar refractivity (Wildman–Crippen MR) is 65.6 cm³/mol. The van der Waals surface area contributed by atoms with Crippen LogP contribution in [0.3, 0.4) is 0 Å². The molecule has 0 aromatic heterocycles. The van der Waals surface area contributed by atoms with E-state index >= 15 is 0 Å². The Bertz CT molecular complexity index is 306. The van der Waals surface area contributed by atoms with Gasteiger partial charge < -0.3 is 15.5 Å². The van der Waals surface area contributed by atoms with E-state index in [1.807, 2.05) is 24.4 Å². The fourth-order valence-corrected chi connectivity index (χ4v) is 0.970. The lowest BCUT2D eigenvalue weighted by molar-refractivity contribution is 0.197. The van der Waals surface area contributed by atoms with E-state index in [1.54, 1.807) is 6.07 Å². The topological polar surface area (TPSA) is 69.6 Å². The molecule has 0 aliphatic carbocycles. The lowest BCUT2D eigenvalue weighted by Gasteiger charge is -1.97. The van der Waals surface area contributed by atoms with Crippen LogP contribution in [0, 0.1) is 5.82 Å². The Kier molecular flexibility index (Phi) is 13.0. The lowest BCUT2D eigenvalue weighted by Crippen LogP contribution is -2.13. The molecule has 0 aliphatic heterocycles. The van der Waals surface area contributed by atoms with Crippen molar-refractivity contribution in [3.05, 3.63) is 35.6 Å². The number of hydrogen-bond donors (Lipinski definition) is 3. The van der Waals surface area contributed by atoms with Gasteiger partial charge in [-0.05, 0) is 18.1 Å². The van der Waals surface area contributed by atoms with Crippen molar-refractivity contribution in [2.45, 2.75) is 19.8 Å².